The Morgan fingerprint density at radius 1 is 1.06 bits per heavy atom. The first-order valence-electron chi connectivity index (χ1n) is 11.1. The van der Waals surface area contributed by atoms with Crippen LogP contribution in [0.4, 0.5) is 14.6 Å². The molecule has 1 aromatic carbocycles. The van der Waals surface area contributed by atoms with Crippen molar-refractivity contribution in [3.05, 3.63) is 57.9 Å². The number of amides is 1. The van der Waals surface area contributed by atoms with E-state index in [0.717, 1.165) is 12.0 Å². The Balaban J connectivity index is 1.46. The van der Waals surface area contributed by atoms with Crippen LogP contribution in [0.3, 0.4) is 0 Å². The lowest BCUT2D eigenvalue weighted by Gasteiger charge is -2.50. The van der Waals surface area contributed by atoms with E-state index >= 15 is 0 Å². The molecular formula is C24H30F2N4O2. The molecule has 1 aromatic heterocycles. The van der Waals surface area contributed by atoms with Crippen LogP contribution in [0.1, 0.15) is 32.8 Å². The largest absolute Gasteiger partial charge is 0.354 e. The second kappa shape index (κ2) is 8.30. The molecule has 0 spiro atoms. The van der Waals surface area contributed by atoms with Crippen LogP contribution in [0.25, 0.3) is 0 Å². The van der Waals surface area contributed by atoms with Gasteiger partial charge in [-0.3, -0.25) is 9.59 Å². The Kier molecular flexibility index (Phi) is 5.81. The van der Waals surface area contributed by atoms with E-state index in [4.69, 9.17) is 0 Å². The smallest absolute Gasteiger partial charge is 0.266 e. The summed E-state index contributed by atoms with van der Waals surface area (Å²) in [5.74, 6) is -0.799. The minimum atomic E-state index is -0.843. The van der Waals surface area contributed by atoms with Gasteiger partial charge in [-0.2, -0.15) is 5.10 Å². The van der Waals surface area contributed by atoms with Crippen LogP contribution >= 0.6 is 0 Å². The van der Waals surface area contributed by atoms with Gasteiger partial charge in [-0.25, -0.2) is 13.5 Å². The summed E-state index contributed by atoms with van der Waals surface area (Å²) in [6, 6.07) is 7.35. The maximum Gasteiger partial charge on any atom is 0.266 e. The lowest BCUT2D eigenvalue weighted by molar-refractivity contribution is -0.139. The molecule has 32 heavy (non-hydrogen) atoms. The molecule has 3 heterocycles. The van der Waals surface area contributed by atoms with Crippen LogP contribution in [0.2, 0.25) is 0 Å². The van der Waals surface area contributed by atoms with E-state index in [2.05, 4.69) is 25.9 Å². The zero-order valence-electron chi connectivity index (χ0n) is 19.0. The van der Waals surface area contributed by atoms with Gasteiger partial charge in [-0.15, -0.1) is 0 Å². The Hall–Kier alpha value is -2.77. The fourth-order valence-electron chi connectivity index (χ4n) is 5.27. The molecule has 0 bridgehead atoms. The Bertz CT molecular complexity index is 1070. The molecule has 2 aliphatic heterocycles. The number of carbonyl (C=O) groups is 1. The van der Waals surface area contributed by atoms with E-state index in [9.17, 15) is 18.4 Å². The third-order valence-electron chi connectivity index (χ3n) is 7.70. The maximum absolute atomic E-state index is 13.9. The highest BCUT2D eigenvalue weighted by Gasteiger charge is 2.46. The molecule has 0 N–H and O–H groups in total. The Morgan fingerprint density at radius 2 is 1.75 bits per heavy atom. The number of hydrogen-bond donors (Lipinski definition) is 0. The molecule has 2 saturated heterocycles. The van der Waals surface area contributed by atoms with Crippen LogP contribution in [0, 0.1) is 29.4 Å². The first-order valence-corrected chi connectivity index (χ1v) is 11.1. The van der Waals surface area contributed by atoms with E-state index in [0.29, 0.717) is 32.0 Å². The van der Waals surface area contributed by atoms with Gasteiger partial charge in [0.2, 0.25) is 5.91 Å². The summed E-state index contributed by atoms with van der Waals surface area (Å²) in [6.07, 6.45) is 0.739. The van der Waals surface area contributed by atoms with Gasteiger partial charge in [0.25, 0.3) is 5.56 Å². The second-order valence-corrected chi connectivity index (χ2v) is 9.54. The average molecular weight is 445 g/mol. The highest BCUT2D eigenvalue weighted by atomic mass is 19.2. The van der Waals surface area contributed by atoms with Gasteiger partial charge in [0, 0.05) is 44.7 Å². The second-order valence-electron chi connectivity index (χ2n) is 9.54. The monoisotopic (exact) mass is 444 g/mol. The van der Waals surface area contributed by atoms with E-state index in [1.165, 1.54) is 22.9 Å². The number of nitrogens with zero attached hydrogens (tertiary/aromatic N) is 4. The van der Waals surface area contributed by atoms with Gasteiger partial charge in [0.1, 0.15) is 5.82 Å². The highest BCUT2D eigenvalue weighted by Crippen LogP contribution is 2.44. The van der Waals surface area contributed by atoms with E-state index in [1.54, 1.807) is 19.2 Å². The van der Waals surface area contributed by atoms with Gasteiger partial charge in [0.05, 0.1) is 5.92 Å². The normalized spacial score (nSPS) is 28.2. The minimum Gasteiger partial charge on any atom is -0.354 e. The van der Waals surface area contributed by atoms with Crippen LogP contribution in [-0.2, 0) is 17.3 Å². The summed E-state index contributed by atoms with van der Waals surface area (Å²) in [6.45, 7) is 8.68. The first-order chi connectivity index (χ1) is 15.1. The number of hydrogen-bond acceptors (Lipinski definition) is 4. The Labute approximate surface area is 186 Å². The molecular weight excluding hydrogens is 414 g/mol. The van der Waals surface area contributed by atoms with Crippen LogP contribution in [-0.4, -0.2) is 46.8 Å². The quantitative estimate of drug-likeness (QED) is 0.731. The number of halogens is 2. The van der Waals surface area contributed by atoms with Crippen molar-refractivity contribution in [1.82, 2.24) is 14.7 Å². The molecule has 6 nitrogen and oxygen atoms in total. The molecule has 2 aliphatic rings. The predicted octanol–water partition coefficient (Wildman–Crippen LogP) is 2.96. The summed E-state index contributed by atoms with van der Waals surface area (Å²) in [7, 11) is 1.62. The third-order valence-corrected chi connectivity index (χ3v) is 7.70. The summed E-state index contributed by atoms with van der Waals surface area (Å²) < 4.78 is 28.7. The summed E-state index contributed by atoms with van der Waals surface area (Å²) >= 11 is 0. The molecule has 3 unspecified atom stereocenters. The molecule has 0 aliphatic carbocycles. The fourth-order valence-corrected chi connectivity index (χ4v) is 5.27. The van der Waals surface area contributed by atoms with Crippen molar-refractivity contribution in [2.45, 2.75) is 32.6 Å². The van der Waals surface area contributed by atoms with Gasteiger partial charge in [-0.05, 0) is 42.0 Å². The number of anilines is 1. The van der Waals surface area contributed by atoms with Crippen molar-refractivity contribution >= 4 is 11.7 Å². The number of benzene rings is 1. The predicted molar refractivity (Wildman–Crippen MR) is 118 cm³/mol. The summed E-state index contributed by atoms with van der Waals surface area (Å²) in [5, 5.41) is 4.30. The summed E-state index contributed by atoms with van der Waals surface area (Å²) in [4.78, 5) is 28.9. The van der Waals surface area contributed by atoms with E-state index in [-0.39, 0.29) is 34.6 Å². The van der Waals surface area contributed by atoms with Crippen molar-refractivity contribution in [3.8, 4) is 0 Å². The summed E-state index contributed by atoms with van der Waals surface area (Å²) in [5.41, 5.74) is 0.253. The topological polar surface area (TPSA) is 58.4 Å². The number of carbonyl (C=O) groups excluding carboxylic acids is 1. The average Bonchev–Trinajstić information content (AvgIpc) is 3.25. The molecule has 3 atom stereocenters. The van der Waals surface area contributed by atoms with Gasteiger partial charge < -0.3 is 9.80 Å². The molecule has 1 amide bonds. The number of aryl methyl sites for hydroxylation is 1. The molecule has 0 saturated carbocycles. The fraction of sp³-hybridized carbons (Fsp3) is 0.542. The van der Waals surface area contributed by atoms with E-state index < -0.39 is 11.6 Å². The van der Waals surface area contributed by atoms with Crippen molar-refractivity contribution in [2.24, 2.45) is 24.8 Å². The number of rotatable bonds is 3. The van der Waals surface area contributed by atoms with Crippen molar-refractivity contribution < 1.29 is 13.6 Å². The SMILES string of the molecule is CC1CN(C(=O)C2CCN(c3ccc(=O)n(C)n3)C2)CC(C)C1(C)c1ccc(F)c(F)c1. The molecule has 0 radical (unpaired) electrons. The maximum atomic E-state index is 13.9. The lowest BCUT2D eigenvalue weighted by atomic mass is 9.62. The molecule has 4 rings (SSSR count). The van der Waals surface area contributed by atoms with Crippen molar-refractivity contribution in [2.75, 3.05) is 31.1 Å². The zero-order valence-corrected chi connectivity index (χ0v) is 19.0. The van der Waals surface area contributed by atoms with Crippen molar-refractivity contribution in [1.29, 1.82) is 0 Å². The van der Waals surface area contributed by atoms with Gasteiger partial charge in [-0.1, -0.05) is 26.8 Å². The molecule has 2 aromatic rings. The van der Waals surface area contributed by atoms with Crippen LogP contribution < -0.4 is 10.5 Å². The van der Waals surface area contributed by atoms with Gasteiger partial charge in [0.15, 0.2) is 11.6 Å². The lowest BCUT2D eigenvalue weighted by Crippen LogP contribution is -2.55. The van der Waals surface area contributed by atoms with Crippen molar-refractivity contribution in [3.63, 3.8) is 0 Å². The first kappa shape index (κ1) is 22.4. The molecule has 172 valence electrons. The molecule has 2 fully saturated rings. The van der Waals surface area contributed by atoms with Crippen LogP contribution in [0.15, 0.2) is 35.1 Å². The zero-order chi connectivity index (χ0) is 23.2. The minimum absolute atomic E-state index is 0.0860. The van der Waals surface area contributed by atoms with Gasteiger partial charge >= 0.3 is 0 Å². The Morgan fingerprint density at radius 3 is 2.38 bits per heavy atom. The third kappa shape index (κ3) is 3.80. The molecule has 8 heteroatoms. The van der Waals surface area contributed by atoms with Crippen LogP contribution in [0.5, 0.6) is 0 Å². The van der Waals surface area contributed by atoms with E-state index in [1.807, 2.05) is 9.80 Å². The number of likely N-dealkylation sites (tertiary alicyclic amines) is 1. The number of piperidine rings is 1. The highest BCUT2D eigenvalue weighted by molar-refractivity contribution is 5.80. The number of aromatic nitrogens is 2. The standard InChI is InChI=1S/C24H30F2N4O2/c1-15-12-30(13-16(2)24(15,3)18-5-6-19(25)20(26)11-18)23(32)17-9-10-29(14-17)21-7-8-22(31)28(4)27-21/h5-8,11,15-17H,9-10,12-14H2,1-4H3.